The van der Waals surface area contributed by atoms with Crippen LogP contribution in [0.15, 0.2) is 53.5 Å². The van der Waals surface area contributed by atoms with Gasteiger partial charge in [-0.1, -0.05) is 24.3 Å². The summed E-state index contributed by atoms with van der Waals surface area (Å²) in [6.45, 7) is 1.11. The first-order valence-corrected chi connectivity index (χ1v) is 9.11. The maximum atomic E-state index is 12.8. The Hall–Kier alpha value is -2.99. The molecule has 1 aliphatic heterocycles. The second kappa shape index (κ2) is 7.72. The second-order valence-electron chi connectivity index (χ2n) is 6.68. The van der Waals surface area contributed by atoms with E-state index < -0.39 is 0 Å². The number of benzene rings is 1. The topological polar surface area (TPSA) is 73.2 Å². The molecule has 1 N–H and O–H groups in total. The quantitative estimate of drug-likeness (QED) is 0.729. The predicted octanol–water partition coefficient (Wildman–Crippen LogP) is 2.18. The Morgan fingerprint density at radius 3 is 3.00 bits per heavy atom. The number of nitrogens with one attached hydrogen (secondary N) is 1. The molecule has 0 saturated carbocycles. The average Bonchev–Trinajstić information content (AvgIpc) is 2.71. The summed E-state index contributed by atoms with van der Waals surface area (Å²) in [5.74, 6) is -0.231. The molecule has 0 unspecified atom stereocenters. The summed E-state index contributed by atoms with van der Waals surface area (Å²) in [4.78, 5) is 28.8. The van der Waals surface area contributed by atoms with Gasteiger partial charge in [-0.25, -0.2) is 0 Å². The number of para-hydroxylation sites is 1. The summed E-state index contributed by atoms with van der Waals surface area (Å²) < 4.78 is 7.34. The minimum atomic E-state index is -0.231. The van der Waals surface area contributed by atoms with Crippen LogP contribution in [0.25, 0.3) is 10.9 Å². The molecule has 0 saturated heterocycles. The fourth-order valence-corrected chi connectivity index (χ4v) is 3.52. The number of nitrogens with zero attached hydrogens (tertiary/aromatic N) is 2. The molecule has 138 valence electrons. The van der Waals surface area contributed by atoms with Crippen molar-refractivity contribution in [1.29, 1.82) is 0 Å². The van der Waals surface area contributed by atoms with Crippen LogP contribution in [-0.4, -0.2) is 22.1 Å². The first-order valence-electron chi connectivity index (χ1n) is 9.11. The van der Waals surface area contributed by atoms with Crippen molar-refractivity contribution in [2.45, 2.75) is 32.5 Å². The van der Waals surface area contributed by atoms with Crippen molar-refractivity contribution >= 4 is 16.8 Å². The maximum absolute atomic E-state index is 12.8. The van der Waals surface area contributed by atoms with Gasteiger partial charge < -0.3 is 14.6 Å². The minimum Gasteiger partial charge on any atom is -0.367 e. The molecule has 1 aliphatic rings. The zero-order valence-corrected chi connectivity index (χ0v) is 15.0. The number of aromatic nitrogens is 2. The zero-order chi connectivity index (χ0) is 18.6. The highest BCUT2D eigenvalue weighted by Crippen LogP contribution is 2.24. The van der Waals surface area contributed by atoms with Crippen molar-refractivity contribution in [3.05, 3.63) is 75.8 Å². The van der Waals surface area contributed by atoms with Gasteiger partial charge in [0.2, 0.25) is 5.91 Å². The van der Waals surface area contributed by atoms with Gasteiger partial charge in [0.1, 0.15) is 6.61 Å². The number of ether oxygens (including phenoxy) is 1. The van der Waals surface area contributed by atoms with Crippen molar-refractivity contribution in [1.82, 2.24) is 14.9 Å². The lowest BCUT2D eigenvalue weighted by Crippen LogP contribution is -2.30. The van der Waals surface area contributed by atoms with Gasteiger partial charge in [0.15, 0.2) is 0 Å². The first kappa shape index (κ1) is 17.4. The maximum Gasteiger partial charge on any atom is 0.256 e. The summed E-state index contributed by atoms with van der Waals surface area (Å²) in [5, 5.41) is 3.81. The lowest BCUT2D eigenvalue weighted by molar-refractivity contribution is -0.126. The molecule has 4 rings (SSSR count). The molecule has 0 fully saturated rings. The predicted molar refractivity (Wildman–Crippen MR) is 102 cm³/mol. The molecular weight excluding hydrogens is 342 g/mol. The van der Waals surface area contributed by atoms with Gasteiger partial charge in [-0.05, 0) is 42.0 Å². The number of amides is 1. The van der Waals surface area contributed by atoms with Crippen LogP contribution < -0.4 is 10.9 Å². The molecule has 1 amide bonds. The Morgan fingerprint density at radius 1 is 1.22 bits per heavy atom. The third-order valence-corrected chi connectivity index (χ3v) is 4.78. The fraction of sp³-hybridized carbons (Fsp3) is 0.286. The summed E-state index contributed by atoms with van der Waals surface area (Å²) in [5.41, 5.74) is 3.60. The van der Waals surface area contributed by atoms with E-state index in [1.54, 1.807) is 6.20 Å². The molecule has 0 aliphatic carbocycles. The van der Waals surface area contributed by atoms with Crippen LogP contribution in [0.3, 0.4) is 0 Å². The SMILES string of the molecule is O=C(COCc1cc2cccc3c2n(c1=O)CCC3)NCc1ccccn1. The Labute approximate surface area is 156 Å². The smallest absolute Gasteiger partial charge is 0.256 e. The Bertz CT molecular complexity index is 1030. The zero-order valence-electron chi connectivity index (χ0n) is 15.0. The average molecular weight is 363 g/mol. The summed E-state index contributed by atoms with van der Waals surface area (Å²) in [7, 11) is 0. The van der Waals surface area contributed by atoms with Crippen LogP contribution in [0, 0.1) is 0 Å². The molecule has 6 nitrogen and oxygen atoms in total. The Kier molecular flexibility index (Phi) is 4.98. The lowest BCUT2D eigenvalue weighted by atomic mass is 10.0. The molecule has 3 aromatic rings. The number of pyridine rings is 2. The molecule has 0 spiro atoms. The van der Waals surface area contributed by atoms with Gasteiger partial charge in [-0.3, -0.25) is 14.6 Å². The van der Waals surface area contributed by atoms with Crippen LogP contribution in [0.4, 0.5) is 0 Å². The van der Waals surface area contributed by atoms with Crippen molar-refractivity contribution in [2.24, 2.45) is 0 Å². The van der Waals surface area contributed by atoms with Crippen LogP contribution in [0.2, 0.25) is 0 Å². The van der Waals surface area contributed by atoms with Gasteiger partial charge >= 0.3 is 0 Å². The molecule has 6 heteroatoms. The second-order valence-corrected chi connectivity index (χ2v) is 6.68. The number of hydrogen-bond donors (Lipinski definition) is 1. The normalized spacial score (nSPS) is 12.9. The van der Waals surface area contributed by atoms with Crippen LogP contribution >= 0.6 is 0 Å². The molecular formula is C21H21N3O3. The van der Waals surface area contributed by atoms with Crippen LogP contribution in [-0.2, 0) is 35.6 Å². The van der Waals surface area contributed by atoms with E-state index in [0.717, 1.165) is 36.0 Å². The van der Waals surface area contributed by atoms with Gasteiger partial charge in [0.25, 0.3) is 5.56 Å². The number of carbonyl (C=O) groups excluding carboxylic acids is 1. The van der Waals surface area contributed by atoms with E-state index in [-0.39, 0.29) is 24.7 Å². The molecule has 1 aromatic carbocycles. The minimum absolute atomic E-state index is 0.0245. The van der Waals surface area contributed by atoms with Gasteiger partial charge in [-0.2, -0.15) is 0 Å². The molecule has 0 bridgehead atoms. The number of carbonyl (C=O) groups is 1. The number of rotatable bonds is 6. The fourth-order valence-electron chi connectivity index (χ4n) is 3.52. The summed E-state index contributed by atoms with van der Waals surface area (Å²) >= 11 is 0. The van der Waals surface area contributed by atoms with Gasteiger partial charge in [0.05, 0.1) is 24.4 Å². The van der Waals surface area contributed by atoms with Gasteiger partial charge in [-0.15, -0.1) is 0 Å². The van der Waals surface area contributed by atoms with Crippen molar-refractivity contribution in [2.75, 3.05) is 6.61 Å². The highest BCUT2D eigenvalue weighted by atomic mass is 16.5. The summed E-state index contributed by atoms with van der Waals surface area (Å²) in [6.07, 6.45) is 3.65. The van der Waals surface area contributed by atoms with E-state index in [4.69, 9.17) is 4.74 Å². The van der Waals surface area contributed by atoms with E-state index in [1.807, 2.05) is 41.0 Å². The molecule has 0 radical (unpaired) electrons. The highest BCUT2D eigenvalue weighted by Gasteiger charge is 2.16. The van der Waals surface area contributed by atoms with E-state index in [2.05, 4.69) is 16.4 Å². The lowest BCUT2D eigenvalue weighted by Gasteiger charge is -2.20. The number of hydrogen-bond acceptors (Lipinski definition) is 4. The third kappa shape index (κ3) is 3.75. The van der Waals surface area contributed by atoms with Crippen molar-refractivity contribution in [3.8, 4) is 0 Å². The molecule has 2 aromatic heterocycles. The van der Waals surface area contributed by atoms with Crippen LogP contribution in [0.1, 0.15) is 23.2 Å². The summed E-state index contributed by atoms with van der Waals surface area (Å²) in [6, 6.07) is 13.5. The highest BCUT2D eigenvalue weighted by molar-refractivity contribution is 5.83. The first-order chi connectivity index (χ1) is 13.2. The van der Waals surface area contributed by atoms with Crippen LogP contribution in [0.5, 0.6) is 0 Å². The molecule has 0 atom stereocenters. The van der Waals surface area contributed by atoms with E-state index in [0.29, 0.717) is 12.1 Å². The third-order valence-electron chi connectivity index (χ3n) is 4.78. The van der Waals surface area contributed by atoms with Gasteiger partial charge in [0, 0.05) is 18.3 Å². The van der Waals surface area contributed by atoms with E-state index in [9.17, 15) is 9.59 Å². The number of aryl methyl sites for hydroxylation is 2. The van der Waals surface area contributed by atoms with E-state index in [1.165, 1.54) is 5.56 Å². The largest absolute Gasteiger partial charge is 0.367 e. The Morgan fingerprint density at radius 2 is 2.15 bits per heavy atom. The molecule has 27 heavy (non-hydrogen) atoms. The molecule has 3 heterocycles. The van der Waals surface area contributed by atoms with E-state index >= 15 is 0 Å². The van der Waals surface area contributed by atoms with Crippen molar-refractivity contribution < 1.29 is 9.53 Å². The van der Waals surface area contributed by atoms with Crippen molar-refractivity contribution in [3.63, 3.8) is 0 Å². The Balaban J connectivity index is 1.40. The monoisotopic (exact) mass is 363 g/mol. The standard InChI is InChI=1S/C21H21N3O3/c25-19(23-12-18-8-1-2-9-22-18)14-27-13-17-11-16-6-3-5-15-7-4-10-24(20(15)16)21(17)26/h1-3,5-6,8-9,11H,4,7,10,12-14H2,(H,23,25).